The number of benzene rings is 3. The second-order valence-corrected chi connectivity index (χ2v) is 10.3. The monoisotopic (exact) mass is 507 g/mol. The zero-order valence-corrected chi connectivity index (χ0v) is 21.5. The van der Waals surface area contributed by atoms with E-state index in [0.717, 1.165) is 11.6 Å². The van der Waals surface area contributed by atoms with Gasteiger partial charge in [0.15, 0.2) is 0 Å². The summed E-state index contributed by atoms with van der Waals surface area (Å²) in [5, 5.41) is 11.8. The number of aliphatic hydroxyl groups excluding tert-OH is 1. The van der Waals surface area contributed by atoms with E-state index in [4.69, 9.17) is 16.3 Å². The van der Waals surface area contributed by atoms with Crippen LogP contribution >= 0.6 is 11.6 Å². The van der Waals surface area contributed by atoms with Crippen molar-refractivity contribution in [1.82, 2.24) is 0 Å². The van der Waals surface area contributed by atoms with Crippen molar-refractivity contribution in [2.75, 3.05) is 12.0 Å². The van der Waals surface area contributed by atoms with Gasteiger partial charge in [0.1, 0.15) is 17.3 Å². The van der Waals surface area contributed by atoms with Crippen LogP contribution < -0.4 is 9.64 Å². The average molecular weight is 508 g/mol. The van der Waals surface area contributed by atoms with Crippen LogP contribution in [0.2, 0.25) is 5.02 Å². The molecule has 1 aliphatic heterocycles. The maximum Gasteiger partial charge on any atom is 0.300 e. The number of rotatable bonds is 4. The van der Waals surface area contributed by atoms with Gasteiger partial charge >= 0.3 is 0 Å². The Kier molecular flexibility index (Phi) is 6.67. The Morgan fingerprint density at radius 1 is 1.03 bits per heavy atom. The van der Waals surface area contributed by atoms with Gasteiger partial charge in [0.05, 0.1) is 24.3 Å². The molecule has 1 amide bonds. The van der Waals surface area contributed by atoms with E-state index < -0.39 is 29.3 Å². The summed E-state index contributed by atoms with van der Waals surface area (Å²) in [6.07, 6.45) is 0. The summed E-state index contributed by atoms with van der Waals surface area (Å²) in [5.74, 6) is -2.64. The number of anilines is 1. The minimum Gasteiger partial charge on any atom is -0.507 e. The molecule has 1 saturated heterocycles. The van der Waals surface area contributed by atoms with E-state index >= 15 is 0 Å². The molecule has 1 aliphatic rings. The van der Waals surface area contributed by atoms with Crippen LogP contribution in [0.25, 0.3) is 5.76 Å². The molecule has 3 aromatic rings. The van der Waals surface area contributed by atoms with Gasteiger partial charge in [-0.2, -0.15) is 0 Å². The molecule has 186 valence electrons. The molecule has 0 spiro atoms. The Morgan fingerprint density at radius 2 is 1.69 bits per heavy atom. The van der Waals surface area contributed by atoms with E-state index in [2.05, 4.69) is 20.8 Å². The number of aliphatic hydroxyl groups is 1. The summed E-state index contributed by atoms with van der Waals surface area (Å²) >= 11 is 6.14. The Labute approximate surface area is 214 Å². The van der Waals surface area contributed by atoms with E-state index in [-0.39, 0.29) is 22.3 Å². The number of carbonyl (C=O) groups is 2. The lowest BCUT2D eigenvalue weighted by molar-refractivity contribution is -0.132. The van der Waals surface area contributed by atoms with Gasteiger partial charge in [-0.3, -0.25) is 14.5 Å². The minimum atomic E-state index is -0.952. The average Bonchev–Trinajstić information content (AvgIpc) is 3.08. The molecule has 5 nitrogen and oxygen atoms in total. The highest BCUT2D eigenvalue weighted by Gasteiger charge is 2.47. The van der Waals surface area contributed by atoms with Crippen molar-refractivity contribution in [2.45, 2.75) is 39.2 Å². The first-order chi connectivity index (χ1) is 16.9. The van der Waals surface area contributed by atoms with Crippen molar-refractivity contribution in [1.29, 1.82) is 0 Å². The lowest BCUT2D eigenvalue weighted by atomic mass is 9.85. The van der Waals surface area contributed by atoms with Crippen LogP contribution in [0.1, 0.15) is 49.1 Å². The zero-order valence-electron chi connectivity index (χ0n) is 20.7. The number of Topliss-reactive ketones (excluding diaryl/α,β-unsaturated/α-hetero) is 1. The molecule has 7 heteroatoms. The number of amides is 1. The molecule has 0 bridgehead atoms. The summed E-state index contributed by atoms with van der Waals surface area (Å²) in [6, 6.07) is 15.2. The lowest BCUT2D eigenvalue weighted by Crippen LogP contribution is -2.30. The van der Waals surface area contributed by atoms with Crippen LogP contribution in [0.3, 0.4) is 0 Å². The van der Waals surface area contributed by atoms with E-state index in [1.165, 1.54) is 24.1 Å². The number of methoxy groups -OCH3 is 1. The summed E-state index contributed by atoms with van der Waals surface area (Å²) in [4.78, 5) is 28.2. The van der Waals surface area contributed by atoms with Gasteiger partial charge in [-0.25, -0.2) is 4.39 Å². The van der Waals surface area contributed by atoms with Crippen LogP contribution in [0.15, 0.2) is 66.2 Å². The highest BCUT2D eigenvalue weighted by molar-refractivity contribution is 6.52. The minimum absolute atomic E-state index is 0.0142. The fourth-order valence-electron chi connectivity index (χ4n) is 4.46. The molecule has 1 fully saturated rings. The molecule has 4 rings (SSSR count). The van der Waals surface area contributed by atoms with E-state index in [9.17, 15) is 19.1 Å². The SMILES string of the molecule is COc1ccc(F)cc1/C(O)=C1\C(=O)C(=O)N(c2ccc(Cl)cc2C)C1c1ccc(C(C)(C)C)cc1. The van der Waals surface area contributed by atoms with Crippen LogP contribution in [0.4, 0.5) is 10.1 Å². The summed E-state index contributed by atoms with van der Waals surface area (Å²) in [6.45, 7) is 8.04. The summed E-state index contributed by atoms with van der Waals surface area (Å²) in [7, 11) is 1.38. The van der Waals surface area contributed by atoms with Gasteiger partial charge in [-0.05, 0) is 65.4 Å². The van der Waals surface area contributed by atoms with E-state index in [1.54, 1.807) is 25.1 Å². The van der Waals surface area contributed by atoms with E-state index in [0.29, 0.717) is 21.8 Å². The molecule has 1 atom stereocenters. The molecule has 0 radical (unpaired) electrons. The topological polar surface area (TPSA) is 66.8 Å². The molecule has 0 aliphatic carbocycles. The van der Waals surface area contributed by atoms with Crippen LogP contribution in [-0.2, 0) is 15.0 Å². The van der Waals surface area contributed by atoms with Crippen molar-refractivity contribution < 1.29 is 23.8 Å². The van der Waals surface area contributed by atoms with Gasteiger partial charge in [-0.15, -0.1) is 0 Å². The van der Waals surface area contributed by atoms with Gasteiger partial charge in [0.2, 0.25) is 0 Å². The standard InChI is InChI=1S/C29H27ClFNO4/c1-16-14-19(30)10-12-22(16)32-25(17-6-8-18(9-7-17)29(2,3)4)24(27(34)28(32)35)26(33)21-15-20(31)11-13-23(21)36-5/h6-15,25,33H,1-5H3/b26-24+. The quantitative estimate of drug-likeness (QED) is 0.242. The van der Waals surface area contributed by atoms with Crippen LogP contribution in [0, 0.1) is 12.7 Å². The number of ketones is 1. The molecule has 1 heterocycles. The van der Waals surface area contributed by atoms with Gasteiger partial charge in [0.25, 0.3) is 11.7 Å². The van der Waals surface area contributed by atoms with Crippen LogP contribution in [0.5, 0.6) is 5.75 Å². The summed E-state index contributed by atoms with van der Waals surface area (Å²) < 4.78 is 19.4. The highest BCUT2D eigenvalue weighted by Crippen LogP contribution is 2.44. The second-order valence-electron chi connectivity index (χ2n) is 9.82. The van der Waals surface area contributed by atoms with Gasteiger partial charge < -0.3 is 9.84 Å². The number of ether oxygens (including phenoxy) is 1. The highest BCUT2D eigenvalue weighted by atomic mass is 35.5. The predicted molar refractivity (Wildman–Crippen MR) is 139 cm³/mol. The van der Waals surface area contributed by atoms with Gasteiger partial charge in [-0.1, -0.05) is 56.6 Å². The Morgan fingerprint density at radius 3 is 2.28 bits per heavy atom. The molecule has 0 saturated carbocycles. The first-order valence-electron chi connectivity index (χ1n) is 11.5. The second kappa shape index (κ2) is 9.43. The third-order valence-corrected chi connectivity index (χ3v) is 6.61. The molecule has 36 heavy (non-hydrogen) atoms. The maximum atomic E-state index is 14.1. The number of aryl methyl sites for hydroxylation is 1. The van der Waals surface area contributed by atoms with E-state index in [1.807, 2.05) is 24.3 Å². The largest absolute Gasteiger partial charge is 0.507 e. The number of hydrogen-bond donors (Lipinski definition) is 1. The Bertz CT molecular complexity index is 1390. The molecule has 0 aromatic heterocycles. The molecule has 3 aromatic carbocycles. The summed E-state index contributed by atoms with van der Waals surface area (Å²) in [5.41, 5.74) is 2.58. The third kappa shape index (κ3) is 4.49. The smallest absolute Gasteiger partial charge is 0.300 e. The Hall–Kier alpha value is -3.64. The van der Waals surface area contributed by atoms with Crippen molar-refractivity contribution >= 4 is 34.7 Å². The number of hydrogen-bond acceptors (Lipinski definition) is 4. The zero-order chi connectivity index (χ0) is 26.4. The van der Waals surface area contributed by atoms with Crippen molar-refractivity contribution in [3.63, 3.8) is 0 Å². The molecule has 1 N–H and O–H groups in total. The number of halogens is 2. The maximum absolute atomic E-state index is 14.1. The molecule has 1 unspecified atom stereocenters. The third-order valence-electron chi connectivity index (χ3n) is 6.37. The fraction of sp³-hybridized carbons (Fsp3) is 0.241. The number of nitrogens with zero attached hydrogens (tertiary/aromatic N) is 1. The Balaban J connectivity index is 1.99. The first kappa shape index (κ1) is 25.5. The number of carbonyl (C=O) groups excluding carboxylic acids is 2. The van der Waals surface area contributed by atoms with Crippen molar-refractivity contribution in [3.8, 4) is 5.75 Å². The van der Waals surface area contributed by atoms with Crippen LogP contribution in [-0.4, -0.2) is 23.9 Å². The van der Waals surface area contributed by atoms with Crippen molar-refractivity contribution in [2.24, 2.45) is 0 Å². The van der Waals surface area contributed by atoms with Gasteiger partial charge in [0, 0.05) is 10.7 Å². The van der Waals surface area contributed by atoms with Crippen molar-refractivity contribution in [3.05, 3.63) is 99.3 Å². The first-order valence-corrected chi connectivity index (χ1v) is 11.8. The molecular formula is C29H27ClFNO4. The molecular weight excluding hydrogens is 481 g/mol. The fourth-order valence-corrected chi connectivity index (χ4v) is 4.69. The lowest BCUT2D eigenvalue weighted by Gasteiger charge is -2.28. The predicted octanol–water partition coefficient (Wildman–Crippen LogP) is 6.72. The normalized spacial score (nSPS) is 17.5.